The van der Waals surface area contributed by atoms with E-state index < -0.39 is 10.0 Å². The number of nitro benzene ring substituents is 1. The van der Waals surface area contributed by atoms with Crippen LogP contribution in [0.25, 0.3) is 0 Å². The molecule has 0 aliphatic carbocycles. The molecule has 11 heteroatoms. The van der Waals surface area contributed by atoms with Gasteiger partial charge in [0.05, 0.1) is 9.82 Å². The van der Waals surface area contributed by atoms with Crippen LogP contribution in [0, 0.1) is 10.1 Å². The molecular weight excluding hydrogens is 506 g/mol. The Bertz CT molecular complexity index is 1470. The van der Waals surface area contributed by atoms with Gasteiger partial charge in [0.15, 0.2) is 0 Å². The molecule has 1 amide bonds. The quantitative estimate of drug-likeness (QED) is 0.379. The minimum atomic E-state index is -3.69. The molecule has 5 rings (SSSR count). The van der Waals surface area contributed by atoms with E-state index in [1.54, 1.807) is 24.3 Å². The lowest BCUT2D eigenvalue weighted by Gasteiger charge is -2.36. The van der Waals surface area contributed by atoms with Gasteiger partial charge in [0.1, 0.15) is 5.69 Å². The lowest BCUT2D eigenvalue weighted by molar-refractivity contribution is -0.384. The summed E-state index contributed by atoms with van der Waals surface area (Å²) in [5, 5.41) is 14.5. The first kappa shape index (κ1) is 25.7. The van der Waals surface area contributed by atoms with Gasteiger partial charge in [0.25, 0.3) is 5.69 Å². The molecule has 10 nitrogen and oxygen atoms in total. The highest BCUT2D eigenvalue weighted by Gasteiger charge is 2.30. The summed E-state index contributed by atoms with van der Waals surface area (Å²) >= 11 is 0. The lowest BCUT2D eigenvalue weighted by atomic mass is 9.99. The van der Waals surface area contributed by atoms with E-state index in [-0.39, 0.29) is 21.4 Å². The van der Waals surface area contributed by atoms with Gasteiger partial charge in [-0.2, -0.15) is 4.31 Å². The van der Waals surface area contributed by atoms with E-state index in [0.29, 0.717) is 50.6 Å². The summed E-state index contributed by atoms with van der Waals surface area (Å²) in [6.45, 7) is 4.19. The molecule has 0 atom stereocenters. The number of nitrogens with zero attached hydrogens (tertiary/aromatic N) is 4. The first-order chi connectivity index (χ1) is 18.2. The van der Waals surface area contributed by atoms with Crippen LogP contribution in [-0.4, -0.2) is 56.3 Å². The van der Waals surface area contributed by atoms with Crippen LogP contribution in [0.1, 0.15) is 18.1 Å². The molecule has 1 fully saturated rings. The van der Waals surface area contributed by atoms with Gasteiger partial charge in [-0.05, 0) is 53.9 Å². The van der Waals surface area contributed by atoms with Crippen molar-refractivity contribution < 1.29 is 18.1 Å². The van der Waals surface area contributed by atoms with Gasteiger partial charge in [-0.25, -0.2) is 8.42 Å². The Morgan fingerprint density at radius 2 is 1.58 bits per heavy atom. The number of rotatable bonds is 6. The van der Waals surface area contributed by atoms with Crippen LogP contribution in [0.2, 0.25) is 0 Å². The molecule has 3 aromatic carbocycles. The average Bonchev–Trinajstić information content (AvgIpc) is 2.92. The Balaban J connectivity index is 1.31. The summed E-state index contributed by atoms with van der Waals surface area (Å²) < 4.78 is 27.8. The van der Waals surface area contributed by atoms with E-state index in [0.717, 1.165) is 12.1 Å². The van der Waals surface area contributed by atoms with E-state index in [9.17, 15) is 23.3 Å². The van der Waals surface area contributed by atoms with Crippen LogP contribution in [0.5, 0.6) is 0 Å². The third-order valence-corrected chi connectivity index (χ3v) is 8.96. The summed E-state index contributed by atoms with van der Waals surface area (Å²) in [7, 11) is -3.69. The van der Waals surface area contributed by atoms with Crippen molar-refractivity contribution in [3.63, 3.8) is 0 Å². The minimum Gasteiger partial charge on any atom is -0.369 e. The van der Waals surface area contributed by atoms with Crippen molar-refractivity contribution in [2.75, 3.05) is 47.8 Å². The van der Waals surface area contributed by atoms with Gasteiger partial charge in [-0.3, -0.25) is 14.9 Å². The van der Waals surface area contributed by atoms with E-state index in [2.05, 4.69) is 27.2 Å². The number of nitrogens with one attached hydrogen (secondary N) is 1. The van der Waals surface area contributed by atoms with Gasteiger partial charge in [-0.1, -0.05) is 24.3 Å². The average molecular weight is 536 g/mol. The number of anilines is 3. The van der Waals surface area contributed by atoms with E-state index >= 15 is 0 Å². The van der Waals surface area contributed by atoms with Crippen LogP contribution in [0.4, 0.5) is 22.7 Å². The summed E-state index contributed by atoms with van der Waals surface area (Å²) in [5.74, 6) is -0.226. The highest BCUT2D eigenvalue weighted by molar-refractivity contribution is 7.89. The van der Waals surface area contributed by atoms with Crippen molar-refractivity contribution >= 4 is 38.7 Å². The first-order valence-corrected chi connectivity index (χ1v) is 13.9. The topological polar surface area (TPSA) is 116 Å². The van der Waals surface area contributed by atoms with Gasteiger partial charge >= 0.3 is 0 Å². The number of piperazine rings is 1. The molecule has 198 valence electrons. The van der Waals surface area contributed by atoms with Crippen LogP contribution in [0.3, 0.4) is 0 Å². The molecule has 0 unspecified atom stereocenters. The summed E-state index contributed by atoms with van der Waals surface area (Å²) in [4.78, 5) is 27.0. The SMILES string of the molecule is CC(=O)Nc1ccc(S(=O)(=O)N2CCN(c3ccc([N+](=O)[O-])c(N4CCc5ccccc5C4)c3)CC2)cc1. The molecule has 2 aliphatic rings. The van der Waals surface area contributed by atoms with Crippen molar-refractivity contribution in [1.82, 2.24) is 4.31 Å². The fraction of sp³-hybridized carbons (Fsp3) is 0.296. The van der Waals surface area contributed by atoms with Crippen LogP contribution in [-0.2, 0) is 27.8 Å². The molecule has 0 aromatic heterocycles. The number of nitro groups is 1. The van der Waals surface area contributed by atoms with Gasteiger partial charge in [-0.15, -0.1) is 0 Å². The number of carbonyl (C=O) groups is 1. The zero-order valence-electron chi connectivity index (χ0n) is 21.0. The Hall–Kier alpha value is -3.96. The van der Waals surface area contributed by atoms with Crippen LogP contribution in [0.15, 0.2) is 71.6 Å². The Labute approximate surface area is 221 Å². The van der Waals surface area contributed by atoms with Crippen molar-refractivity contribution in [2.45, 2.75) is 24.8 Å². The zero-order chi connectivity index (χ0) is 26.9. The maximum Gasteiger partial charge on any atom is 0.292 e. The number of benzene rings is 3. The molecule has 0 bridgehead atoms. The molecule has 0 radical (unpaired) electrons. The summed E-state index contributed by atoms with van der Waals surface area (Å²) in [6, 6.07) is 19.4. The van der Waals surface area contributed by atoms with E-state index in [4.69, 9.17) is 0 Å². The molecule has 1 saturated heterocycles. The van der Waals surface area contributed by atoms with Crippen LogP contribution >= 0.6 is 0 Å². The molecule has 0 saturated carbocycles. The smallest absolute Gasteiger partial charge is 0.292 e. The van der Waals surface area contributed by atoms with Gasteiger partial charge < -0.3 is 15.1 Å². The van der Waals surface area contributed by atoms with Gasteiger partial charge in [0, 0.05) is 63.6 Å². The Kier molecular flexibility index (Phi) is 7.04. The van der Waals surface area contributed by atoms with Crippen molar-refractivity contribution in [3.05, 3.63) is 88.0 Å². The first-order valence-electron chi connectivity index (χ1n) is 12.5. The normalized spacial score (nSPS) is 16.1. The van der Waals surface area contributed by atoms with Crippen molar-refractivity contribution in [1.29, 1.82) is 0 Å². The number of hydrogen-bond acceptors (Lipinski definition) is 7. The Morgan fingerprint density at radius 1 is 0.895 bits per heavy atom. The standard InChI is InChI=1S/C27H29N5O5S/c1-20(33)28-23-6-9-25(10-7-23)38(36,37)31-16-14-29(15-17-31)24-8-11-26(32(34)35)27(18-24)30-13-12-21-4-2-3-5-22(21)19-30/h2-11,18H,12-17,19H2,1H3,(H,28,33). The predicted molar refractivity (Wildman–Crippen MR) is 146 cm³/mol. The molecule has 2 heterocycles. The number of carbonyl (C=O) groups excluding carboxylic acids is 1. The highest BCUT2D eigenvalue weighted by Crippen LogP contribution is 2.36. The summed E-state index contributed by atoms with van der Waals surface area (Å²) in [6.07, 6.45) is 0.819. The molecule has 1 N–H and O–H groups in total. The Morgan fingerprint density at radius 3 is 2.24 bits per heavy atom. The van der Waals surface area contributed by atoms with Gasteiger partial charge in [0.2, 0.25) is 15.9 Å². The fourth-order valence-corrected chi connectivity index (χ4v) is 6.49. The number of sulfonamides is 1. The molecule has 2 aliphatic heterocycles. The fourth-order valence-electron chi connectivity index (χ4n) is 5.07. The van der Waals surface area contributed by atoms with E-state index in [1.807, 2.05) is 18.2 Å². The molecule has 38 heavy (non-hydrogen) atoms. The van der Waals surface area contributed by atoms with E-state index in [1.165, 1.54) is 34.5 Å². The monoisotopic (exact) mass is 535 g/mol. The highest BCUT2D eigenvalue weighted by atomic mass is 32.2. The second-order valence-corrected chi connectivity index (χ2v) is 11.4. The number of hydrogen-bond donors (Lipinski definition) is 1. The minimum absolute atomic E-state index is 0.0667. The largest absolute Gasteiger partial charge is 0.369 e. The van der Waals surface area contributed by atoms with Crippen molar-refractivity contribution in [3.8, 4) is 0 Å². The predicted octanol–water partition coefficient (Wildman–Crippen LogP) is 3.63. The third-order valence-electron chi connectivity index (χ3n) is 7.04. The molecule has 0 spiro atoms. The number of fused-ring (bicyclic) bond motifs is 1. The molecule has 3 aromatic rings. The molecular formula is C27H29N5O5S. The lowest BCUT2D eigenvalue weighted by Crippen LogP contribution is -2.48. The second kappa shape index (κ2) is 10.4. The second-order valence-electron chi connectivity index (χ2n) is 9.47. The number of amides is 1. The maximum absolute atomic E-state index is 13.2. The van der Waals surface area contributed by atoms with Crippen LogP contribution < -0.4 is 15.1 Å². The summed E-state index contributed by atoms with van der Waals surface area (Å²) in [5.41, 5.74) is 4.45. The third kappa shape index (κ3) is 5.20. The maximum atomic E-state index is 13.2. The van der Waals surface area contributed by atoms with Crippen molar-refractivity contribution in [2.24, 2.45) is 0 Å². The zero-order valence-corrected chi connectivity index (χ0v) is 21.9.